The van der Waals surface area contributed by atoms with Gasteiger partial charge in [-0.2, -0.15) is 0 Å². The van der Waals surface area contributed by atoms with Crippen molar-refractivity contribution in [1.29, 1.82) is 0 Å². The molecule has 5 rings (SSSR count). The van der Waals surface area contributed by atoms with Crippen molar-refractivity contribution in [3.8, 4) is 0 Å². The summed E-state index contributed by atoms with van der Waals surface area (Å²) in [7, 11) is 0. The molecule has 0 aromatic heterocycles. The number of carbonyl (C=O) groups is 7. The van der Waals surface area contributed by atoms with Crippen molar-refractivity contribution in [1.82, 2.24) is 0 Å². The Labute approximate surface area is 337 Å². The van der Waals surface area contributed by atoms with Crippen LogP contribution in [0.1, 0.15) is 58.8 Å². The molecule has 0 saturated carbocycles. The van der Waals surface area contributed by atoms with Crippen LogP contribution >= 0.6 is 0 Å². The third kappa shape index (κ3) is 11.9. The van der Waals surface area contributed by atoms with Crippen molar-refractivity contribution in [2.45, 2.75) is 89.1 Å². The fourth-order valence-electron chi connectivity index (χ4n) is 6.25. The molecule has 0 bridgehead atoms. The highest BCUT2D eigenvalue weighted by atomic mass is 16.8. The van der Waals surface area contributed by atoms with E-state index >= 15 is 0 Å². The first-order valence-corrected chi connectivity index (χ1v) is 18.3. The van der Waals surface area contributed by atoms with Crippen molar-refractivity contribution < 1.29 is 86.0 Å². The van der Waals surface area contributed by atoms with Gasteiger partial charge in [-0.1, -0.05) is 54.6 Å². The highest BCUT2D eigenvalue weighted by Gasteiger charge is 2.57. The maximum absolute atomic E-state index is 13.8. The van der Waals surface area contributed by atoms with Crippen LogP contribution in [-0.4, -0.2) is 122 Å². The second-order valence-corrected chi connectivity index (χ2v) is 13.2. The molecule has 59 heavy (non-hydrogen) atoms. The van der Waals surface area contributed by atoms with Crippen LogP contribution in [-0.2, 0) is 66.5 Å². The lowest BCUT2D eigenvalue weighted by Crippen LogP contribution is -2.67. The predicted molar refractivity (Wildman–Crippen MR) is 196 cm³/mol. The molecule has 0 spiro atoms. The minimum absolute atomic E-state index is 0.0275. The first-order valence-electron chi connectivity index (χ1n) is 18.3. The fourth-order valence-corrected chi connectivity index (χ4v) is 6.25. The molecule has 2 aliphatic heterocycles. The van der Waals surface area contributed by atoms with Crippen LogP contribution in [0.4, 0.5) is 0 Å². The number of hydrogen-bond acceptors (Lipinski definition) is 18. The zero-order chi connectivity index (χ0) is 42.6. The molecule has 1 N–H and O–H groups in total. The zero-order valence-electron chi connectivity index (χ0n) is 32.2. The SMILES string of the molecule is CC(=O)OC[C@H]1O[C@@H](O[C@H]2[C@H](OC(=O)c3ccccc3)[C@H](OC(=O)c3ccccc3)[C@@H](O)O[C@@H]2COC(=O)c2ccccc2)[C@H](OC(C)=O)[C@@H](OC(C)=O)[C@H]1OC(C)=O. The molecular formula is C41H42O18. The van der Waals surface area contributed by atoms with Gasteiger partial charge in [0.15, 0.2) is 43.1 Å². The van der Waals surface area contributed by atoms with Gasteiger partial charge in [-0.05, 0) is 36.4 Å². The van der Waals surface area contributed by atoms with Gasteiger partial charge in [0.2, 0.25) is 0 Å². The van der Waals surface area contributed by atoms with E-state index in [2.05, 4.69) is 0 Å². The summed E-state index contributed by atoms with van der Waals surface area (Å²) in [5.41, 5.74) is 0.214. The molecule has 0 unspecified atom stereocenters. The summed E-state index contributed by atoms with van der Waals surface area (Å²) in [6, 6.07) is 23.1. The Morgan fingerprint density at radius 3 is 1.36 bits per heavy atom. The smallest absolute Gasteiger partial charge is 0.338 e. The molecule has 2 aliphatic rings. The molecule has 18 heteroatoms. The summed E-state index contributed by atoms with van der Waals surface area (Å²) in [5.74, 6) is -6.31. The van der Waals surface area contributed by atoms with Crippen LogP contribution in [0.25, 0.3) is 0 Å². The molecule has 3 aromatic rings. The summed E-state index contributed by atoms with van der Waals surface area (Å²) in [6.45, 7) is 2.88. The lowest BCUT2D eigenvalue weighted by atomic mass is 9.96. The quantitative estimate of drug-likeness (QED) is 0.182. The number of benzene rings is 3. The van der Waals surface area contributed by atoms with Crippen molar-refractivity contribution >= 4 is 41.8 Å². The molecular weight excluding hydrogens is 780 g/mol. The Kier molecular flexibility index (Phi) is 15.2. The minimum atomic E-state index is -2.05. The maximum atomic E-state index is 13.8. The van der Waals surface area contributed by atoms with E-state index in [0.29, 0.717) is 0 Å². The number of carbonyl (C=O) groups excluding carboxylic acids is 7. The number of aliphatic hydroxyl groups excluding tert-OH is 1. The number of esters is 7. The van der Waals surface area contributed by atoms with Crippen molar-refractivity contribution in [3.05, 3.63) is 108 Å². The largest absolute Gasteiger partial charge is 0.463 e. The topological polar surface area (TPSA) is 232 Å². The molecule has 0 amide bonds. The lowest BCUT2D eigenvalue weighted by Gasteiger charge is -2.48. The Balaban J connectivity index is 1.61. The second kappa shape index (κ2) is 20.5. The summed E-state index contributed by atoms with van der Waals surface area (Å²) in [6.07, 6.45) is -17.4. The lowest BCUT2D eigenvalue weighted by molar-refractivity contribution is -0.355. The molecule has 2 fully saturated rings. The fraction of sp³-hybridized carbons (Fsp3) is 0.390. The van der Waals surface area contributed by atoms with E-state index in [-0.39, 0.29) is 16.7 Å². The van der Waals surface area contributed by atoms with E-state index in [0.717, 1.165) is 27.7 Å². The van der Waals surface area contributed by atoms with Crippen LogP contribution in [0.3, 0.4) is 0 Å². The first-order chi connectivity index (χ1) is 28.2. The van der Waals surface area contributed by atoms with Crippen molar-refractivity contribution in [3.63, 3.8) is 0 Å². The highest BCUT2D eigenvalue weighted by molar-refractivity contribution is 5.91. The van der Waals surface area contributed by atoms with Crippen LogP contribution in [0, 0.1) is 0 Å². The van der Waals surface area contributed by atoms with Gasteiger partial charge >= 0.3 is 41.8 Å². The first kappa shape index (κ1) is 43.9. The van der Waals surface area contributed by atoms with E-state index in [4.69, 9.17) is 47.4 Å². The van der Waals surface area contributed by atoms with Crippen LogP contribution in [0.5, 0.6) is 0 Å². The summed E-state index contributed by atoms with van der Waals surface area (Å²) in [4.78, 5) is 89.7. The summed E-state index contributed by atoms with van der Waals surface area (Å²) >= 11 is 0. The van der Waals surface area contributed by atoms with Gasteiger partial charge in [0.1, 0.15) is 31.5 Å². The number of ether oxygens (including phenoxy) is 10. The average molecular weight is 823 g/mol. The molecule has 0 radical (unpaired) electrons. The highest BCUT2D eigenvalue weighted by Crippen LogP contribution is 2.35. The maximum Gasteiger partial charge on any atom is 0.338 e. The third-order valence-corrected chi connectivity index (χ3v) is 8.74. The zero-order valence-corrected chi connectivity index (χ0v) is 32.2. The molecule has 18 nitrogen and oxygen atoms in total. The second-order valence-electron chi connectivity index (χ2n) is 13.2. The number of rotatable bonds is 14. The van der Waals surface area contributed by atoms with Crippen molar-refractivity contribution in [2.24, 2.45) is 0 Å². The van der Waals surface area contributed by atoms with Gasteiger partial charge in [-0.25, -0.2) is 14.4 Å². The molecule has 2 saturated heterocycles. The average Bonchev–Trinajstić information content (AvgIpc) is 3.21. The minimum Gasteiger partial charge on any atom is -0.463 e. The van der Waals surface area contributed by atoms with Gasteiger partial charge in [0.25, 0.3) is 0 Å². The van der Waals surface area contributed by atoms with E-state index in [9.17, 15) is 38.7 Å². The van der Waals surface area contributed by atoms with Gasteiger partial charge in [-0.3, -0.25) is 19.2 Å². The van der Waals surface area contributed by atoms with E-state index < -0.39 is 116 Å². The predicted octanol–water partition coefficient (Wildman–Crippen LogP) is 2.48. The Morgan fingerprint density at radius 1 is 0.458 bits per heavy atom. The molecule has 314 valence electrons. The Bertz CT molecular complexity index is 1940. The number of aliphatic hydroxyl groups is 1. The van der Waals surface area contributed by atoms with E-state index in [1.54, 1.807) is 54.6 Å². The van der Waals surface area contributed by atoms with Crippen LogP contribution < -0.4 is 0 Å². The van der Waals surface area contributed by atoms with Gasteiger partial charge < -0.3 is 52.5 Å². The van der Waals surface area contributed by atoms with Gasteiger partial charge in [0, 0.05) is 27.7 Å². The Hall–Kier alpha value is -6.21. The molecule has 2 heterocycles. The standard InChI is InChI=1S/C41H42O18/c1-22(42)50-20-30-31(52-23(2)43)34(53-24(3)44)36(54-25(4)45)41(56-30)59-32-29(21-51-37(46)26-14-8-5-9-15-26)55-40(49)35(58-39(48)28-18-12-7-13-19-28)33(32)57-38(47)27-16-10-6-11-17-27/h5-19,29-36,40-41,49H,20-21H2,1-4H3/t29-,30-,31+,32-,33+,34+,35+,36-,40+,41+/m1/s1. The van der Waals surface area contributed by atoms with E-state index in [1.807, 2.05) is 0 Å². The normalized spacial score (nSPS) is 26.3. The summed E-state index contributed by atoms with van der Waals surface area (Å²) in [5, 5.41) is 11.4. The molecule has 0 aliphatic carbocycles. The van der Waals surface area contributed by atoms with E-state index in [1.165, 1.54) is 36.4 Å². The third-order valence-electron chi connectivity index (χ3n) is 8.74. The van der Waals surface area contributed by atoms with Crippen LogP contribution in [0.2, 0.25) is 0 Å². The van der Waals surface area contributed by atoms with Crippen LogP contribution in [0.15, 0.2) is 91.0 Å². The monoisotopic (exact) mass is 822 g/mol. The number of hydrogen-bond donors (Lipinski definition) is 1. The van der Waals surface area contributed by atoms with Gasteiger partial charge in [0.05, 0.1) is 16.7 Å². The molecule has 10 atom stereocenters. The Morgan fingerprint density at radius 2 is 0.864 bits per heavy atom. The van der Waals surface area contributed by atoms with Gasteiger partial charge in [-0.15, -0.1) is 0 Å². The molecule has 3 aromatic carbocycles. The summed E-state index contributed by atoms with van der Waals surface area (Å²) < 4.78 is 57.4. The van der Waals surface area contributed by atoms with Crippen molar-refractivity contribution in [2.75, 3.05) is 13.2 Å².